The number of para-hydroxylation sites is 1. The Kier molecular flexibility index (Phi) is 6.77. The van der Waals surface area contributed by atoms with Crippen molar-refractivity contribution in [2.75, 3.05) is 18.0 Å². The third-order valence-corrected chi connectivity index (χ3v) is 5.00. The van der Waals surface area contributed by atoms with Crippen molar-refractivity contribution >= 4 is 44.6 Å². The zero-order valence-electron chi connectivity index (χ0n) is 15.6. The van der Waals surface area contributed by atoms with Gasteiger partial charge in [-0.3, -0.25) is 4.98 Å². The number of pyridine rings is 2. The van der Waals surface area contributed by atoms with Crippen molar-refractivity contribution in [2.45, 2.75) is 19.3 Å². The molecule has 29 heavy (non-hydrogen) atoms. The molecule has 4 rings (SSSR count). The lowest BCUT2D eigenvalue weighted by Crippen LogP contribution is -2.30. The second-order valence-electron chi connectivity index (χ2n) is 6.60. The monoisotopic (exact) mass is 457 g/mol. The van der Waals surface area contributed by atoms with Gasteiger partial charge >= 0.3 is 11.9 Å². The molecule has 0 saturated carbocycles. The molecule has 0 radical (unpaired) electrons. The number of anilines is 1. The van der Waals surface area contributed by atoms with Crippen LogP contribution in [0.2, 0.25) is 0 Å². The number of halogens is 1. The van der Waals surface area contributed by atoms with E-state index in [0.29, 0.717) is 15.4 Å². The summed E-state index contributed by atoms with van der Waals surface area (Å²) in [4.78, 5) is 32.2. The zero-order valence-corrected chi connectivity index (χ0v) is 17.2. The van der Waals surface area contributed by atoms with Gasteiger partial charge < -0.3 is 15.1 Å². The maximum Gasteiger partial charge on any atom is 0.337 e. The maximum absolute atomic E-state index is 11.4. The smallest absolute Gasteiger partial charge is 0.337 e. The molecule has 3 aromatic rings. The lowest BCUT2D eigenvalue weighted by atomic mass is 10.1. The molecule has 3 heterocycles. The number of fused-ring (bicyclic) bond motifs is 1. The Balaban J connectivity index is 0.000000204. The van der Waals surface area contributed by atoms with E-state index in [9.17, 15) is 14.7 Å². The van der Waals surface area contributed by atoms with Crippen molar-refractivity contribution in [3.05, 3.63) is 64.4 Å². The molecule has 0 spiro atoms. The molecule has 8 heteroatoms. The van der Waals surface area contributed by atoms with Gasteiger partial charge in [-0.25, -0.2) is 14.6 Å². The van der Waals surface area contributed by atoms with E-state index in [0.717, 1.165) is 37.3 Å². The molecule has 0 unspecified atom stereocenters. The Morgan fingerprint density at radius 1 is 0.966 bits per heavy atom. The number of nitrogens with zero attached hydrogens (tertiary/aromatic N) is 3. The first-order valence-electron chi connectivity index (χ1n) is 9.17. The largest absolute Gasteiger partial charge is 0.478 e. The number of hydrogen-bond acceptors (Lipinski definition) is 5. The van der Waals surface area contributed by atoms with E-state index in [1.54, 1.807) is 6.07 Å². The Hall–Kier alpha value is -3.00. The third kappa shape index (κ3) is 5.29. The van der Waals surface area contributed by atoms with E-state index in [2.05, 4.69) is 30.8 Å². The lowest BCUT2D eigenvalue weighted by molar-refractivity contribution is 0.0686. The standard InChI is InChI=1S/C15H16N2O2.C6H4BrNO2/c18-15(19)12-10-14(17-8-4-1-5-9-17)16-13-7-3-2-6-11(12)13;7-5-1-4(6(9)10)2-8-3-5/h2-3,6-7,10H,1,4-5,8-9H2,(H,18,19);1-3H,(H,9,10). The molecule has 1 saturated heterocycles. The fourth-order valence-corrected chi connectivity index (χ4v) is 3.52. The van der Waals surface area contributed by atoms with Crippen molar-refractivity contribution in [1.29, 1.82) is 0 Å². The number of benzene rings is 1. The van der Waals surface area contributed by atoms with Gasteiger partial charge in [-0.15, -0.1) is 0 Å². The van der Waals surface area contributed by atoms with Gasteiger partial charge in [-0.1, -0.05) is 18.2 Å². The molecule has 1 aromatic carbocycles. The summed E-state index contributed by atoms with van der Waals surface area (Å²) < 4.78 is 0.674. The van der Waals surface area contributed by atoms with Crippen molar-refractivity contribution in [3.63, 3.8) is 0 Å². The summed E-state index contributed by atoms with van der Waals surface area (Å²) in [6, 6.07) is 10.6. The van der Waals surface area contributed by atoms with Crippen molar-refractivity contribution in [3.8, 4) is 0 Å². The van der Waals surface area contributed by atoms with Crippen LogP contribution in [-0.2, 0) is 0 Å². The second-order valence-corrected chi connectivity index (χ2v) is 7.51. The van der Waals surface area contributed by atoms with Crippen LogP contribution in [0, 0.1) is 0 Å². The fraction of sp³-hybridized carbons (Fsp3) is 0.238. The summed E-state index contributed by atoms with van der Waals surface area (Å²) in [5.74, 6) is -1.07. The van der Waals surface area contributed by atoms with Gasteiger partial charge in [-0.05, 0) is 53.4 Å². The van der Waals surface area contributed by atoms with Gasteiger partial charge in [-0.2, -0.15) is 0 Å². The summed E-state index contributed by atoms with van der Waals surface area (Å²) in [6.07, 6.45) is 6.38. The summed E-state index contributed by atoms with van der Waals surface area (Å²) in [6.45, 7) is 1.93. The SMILES string of the molecule is O=C(O)c1cc(N2CCCCC2)nc2ccccc12.O=C(O)c1cncc(Br)c1. The number of carboxylic acid groups (broad SMARTS) is 2. The molecule has 0 atom stereocenters. The number of carboxylic acids is 2. The predicted molar refractivity (Wildman–Crippen MR) is 114 cm³/mol. The van der Waals surface area contributed by atoms with Crippen molar-refractivity contribution in [2.24, 2.45) is 0 Å². The Bertz CT molecular complexity index is 1040. The highest BCUT2D eigenvalue weighted by Gasteiger charge is 2.17. The van der Waals surface area contributed by atoms with E-state index >= 15 is 0 Å². The highest BCUT2D eigenvalue weighted by molar-refractivity contribution is 9.10. The first-order chi connectivity index (χ1) is 14.0. The van der Waals surface area contributed by atoms with Crippen LogP contribution in [0.3, 0.4) is 0 Å². The Labute approximate surface area is 176 Å². The third-order valence-electron chi connectivity index (χ3n) is 4.56. The molecule has 1 aliphatic heterocycles. The van der Waals surface area contributed by atoms with Gasteiger partial charge in [0.05, 0.1) is 16.6 Å². The van der Waals surface area contributed by atoms with Crippen LogP contribution in [0.15, 0.2) is 53.3 Å². The molecular weight excluding hydrogens is 438 g/mol. The van der Waals surface area contributed by atoms with Crippen LogP contribution < -0.4 is 4.90 Å². The fourth-order valence-electron chi connectivity index (χ4n) is 3.15. The molecule has 0 bridgehead atoms. The minimum absolute atomic E-state index is 0.189. The van der Waals surface area contributed by atoms with E-state index in [1.165, 1.54) is 24.9 Å². The van der Waals surface area contributed by atoms with E-state index in [-0.39, 0.29) is 5.56 Å². The predicted octanol–water partition coefficient (Wildman–Crippen LogP) is 4.47. The average molecular weight is 458 g/mol. The van der Waals surface area contributed by atoms with Gasteiger partial charge in [0.25, 0.3) is 0 Å². The number of aromatic carboxylic acids is 2. The highest BCUT2D eigenvalue weighted by Crippen LogP contribution is 2.25. The molecule has 2 N–H and O–H groups in total. The Morgan fingerprint density at radius 3 is 2.31 bits per heavy atom. The quantitative estimate of drug-likeness (QED) is 0.597. The molecule has 1 fully saturated rings. The summed E-state index contributed by atoms with van der Waals surface area (Å²) in [5.41, 5.74) is 1.28. The molecule has 0 amide bonds. The molecule has 2 aromatic heterocycles. The summed E-state index contributed by atoms with van der Waals surface area (Å²) in [5, 5.41) is 18.5. The number of carbonyl (C=O) groups is 2. The normalized spacial score (nSPS) is 13.5. The highest BCUT2D eigenvalue weighted by atomic mass is 79.9. The van der Waals surface area contributed by atoms with Gasteiger partial charge in [0.15, 0.2) is 0 Å². The van der Waals surface area contributed by atoms with Gasteiger partial charge in [0.2, 0.25) is 0 Å². The number of aromatic nitrogens is 2. The van der Waals surface area contributed by atoms with E-state index in [1.807, 2.05) is 24.3 Å². The number of hydrogen-bond donors (Lipinski definition) is 2. The van der Waals surface area contributed by atoms with E-state index in [4.69, 9.17) is 5.11 Å². The van der Waals surface area contributed by atoms with E-state index < -0.39 is 11.9 Å². The number of rotatable bonds is 3. The van der Waals surface area contributed by atoms with Gasteiger partial charge in [0, 0.05) is 35.3 Å². The van der Waals surface area contributed by atoms with Gasteiger partial charge in [0.1, 0.15) is 5.82 Å². The molecule has 7 nitrogen and oxygen atoms in total. The molecular formula is C21H20BrN3O4. The zero-order chi connectivity index (χ0) is 20.8. The lowest BCUT2D eigenvalue weighted by Gasteiger charge is -2.28. The van der Waals surface area contributed by atoms with Crippen LogP contribution in [-0.4, -0.2) is 45.2 Å². The topological polar surface area (TPSA) is 104 Å². The molecule has 1 aliphatic rings. The minimum Gasteiger partial charge on any atom is -0.478 e. The van der Waals surface area contributed by atoms with Crippen LogP contribution in [0.5, 0.6) is 0 Å². The number of piperidine rings is 1. The molecule has 0 aliphatic carbocycles. The van der Waals surface area contributed by atoms with Crippen molar-refractivity contribution < 1.29 is 19.8 Å². The van der Waals surface area contributed by atoms with Crippen LogP contribution in [0.25, 0.3) is 10.9 Å². The second kappa shape index (κ2) is 9.47. The first kappa shape index (κ1) is 20.7. The minimum atomic E-state index is -0.964. The summed E-state index contributed by atoms with van der Waals surface area (Å²) >= 11 is 3.10. The van der Waals surface area contributed by atoms with Crippen LogP contribution in [0.1, 0.15) is 40.0 Å². The average Bonchev–Trinajstić information content (AvgIpc) is 2.74. The first-order valence-corrected chi connectivity index (χ1v) is 9.97. The van der Waals surface area contributed by atoms with Crippen LogP contribution >= 0.6 is 15.9 Å². The summed E-state index contributed by atoms with van der Waals surface area (Å²) in [7, 11) is 0. The molecule has 150 valence electrons. The van der Waals surface area contributed by atoms with Crippen molar-refractivity contribution in [1.82, 2.24) is 9.97 Å². The van der Waals surface area contributed by atoms with Crippen LogP contribution in [0.4, 0.5) is 5.82 Å². The Morgan fingerprint density at radius 2 is 1.69 bits per heavy atom. The maximum atomic E-state index is 11.4.